The molecule has 2 aromatic rings. The summed E-state index contributed by atoms with van der Waals surface area (Å²) in [6, 6.07) is 16.4. The Labute approximate surface area is 204 Å². The molecule has 1 aliphatic heterocycles. The number of nitrogens with zero attached hydrogens (tertiary/aromatic N) is 2. The van der Waals surface area contributed by atoms with Gasteiger partial charge in [0.05, 0.1) is 4.90 Å². The van der Waals surface area contributed by atoms with E-state index in [0.717, 1.165) is 31.7 Å². The number of amides is 1. The Morgan fingerprint density at radius 3 is 2.15 bits per heavy atom. The summed E-state index contributed by atoms with van der Waals surface area (Å²) in [6.07, 6.45) is 0.432. The van der Waals surface area contributed by atoms with Crippen LogP contribution in [0, 0.1) is 12.8 Å². The molecule has 0 radical (unpaired) electrons. The minimum atomic E-state index is -3.79. The number of carbonyl (C=O) groups is 1. The van der Waals surface area contributed by atoms with Crippen LogP contribution in [0.3, 0.4) is 0 Å². The van der Waals surface area contributed by atoms with Crippen molar-refractivity contribution in [1.29, 1.82) is 0 Å². The van der Waals surface area contributed by atoms with E-state index in [1.165, 1.54) is 5.69 Å². The number of benzene rings is 2. The van der Waals surface area contributed by atoms with Crippen molar-refractivity contribution in [2.75, 3.05) is 37.6 Å². The highest BCUT2D eigenvalue weighted by atomic mass is 32.2. The lowest BCUT2D eigenvalue weighted by molar-refractivity contribution is -0.123. The molecule has 1 aliphatic rings. The number of hydrogen-bond acceptors (Lipinski definition) is 5. The van der Waals surface area contributed by atoms with Crippen molar-refractivity contribution in [2.24, 2.45) is 5.92 Å². The molecule has 1 heterocycles. The SMILES string of the molecule is Cc1ccc(S(=O)(=O)N[C@@H](CC(C)C)C(=O)NC[C@H](C)N2CCN(c3ccccc3)CC2)cc1. The predicted molar refractivity (Wildman–Crippen MR) is 137 cm³/mol. The van der Waals surface area contributed by atoms with Crippen LogP contribution < -0.4 is 14.9 Å². The van der Waals surface area contributed by atoms with Gasteiger partial charge >= 0.3 is 0 Å². The molecule has 1 saturated heterocycles. The first kappa shape index (κ1) is 26.2. The van der Waals surface area contributed by atoms with Gasteiger partial charge in [-0.05, 0) is 50.5 Å². The highest BCUT2D eigenvalue weighted by Crippen LogP contribution is 2.17. The van der Waals surface area contributed by atoms with Crippen molar-refractivity contribution >= 4 is 21.6 Å². The van der Waals surface area contributed by atoms with Crippen LogP contribution in [-0.4, -0.2) is 64.0 Å². The summed E-state index contributed by atoms with van der Waals surface area (Å²) in [5.41, 5.74) is 2.22. The van der Waals surface area contributed by atoms with E-state index in [2.05, 4.69) is 51.0 Å². The zero-order chi connectivity index (χ0) is 24.7. The van der Waals surface area contributed by atoms with Gasteiger partial charge in [0.2, 0.25) is 15.9 Å². The lowest BCUT2D eigenvalue weighted by atomic mass is 10.0. The second kappa shape index (κ2) is 11.8. The zero-order valence-electron chi connectivity index (χ0n) is 20.7. The van der Waals surface area contributed by atoms with Gasteiger partial charge in [0, 0.05) is 44.5 Å². The maximum absolute atomic E-state index is 13.0. The minimum Gasteiger partial charge on any atom is -0.369 e. The van der Waals surface area contributed by atoms with Gasteiger partial charge in [0.1, 0.15) is 6.04 Å². The highest BCUT2D eigenvalue weighted by molar-refractivity contribution is 7.89. The van der Waals surface area contributed by atoms with E-state index in [1.54, 1.807) is 24.3 Å². The molecule has 3 rings (SSSR count). The molecule has 1 amide bonds. The molecule has 8 heteroatoms. The van der Waals surface area contributed by atoms with E-state index in [4.69, 9.17) is 0 Å². The van der Waals surface area contributed by atoms with Crippen molar-refractivity contribution < 1.29 is 13.2 Å². The summed E-state index contributed by atoms with van der Waals surface area (Å²) in [4.78, 5) is 17.9. The van der Waals surface area contributed by atoms with Gasteiger partial charge in [-0.2, -0.15) is 4.72 Å². The molecule has 0 aromatic heterocycles. The third-order valence-corrected chi connectivity index (χ3v) is 7.77. The summed E-state index contributed by atoms with van der Waals surface area (Å²) >= 11 is 0. The quantitative estimate of drug-likeness (QED) is 0.540. The summed E-state index contributed by atoms with van der Waals surface area (Å²) in [5, 5.41) is 2.99. The molecule has 0 unspecified atom stereocenters. The van der Waals surface area contributed by atoms with Gasteiger partial charge in [-0.15, -0.1) is 0 Å². The largest absolute Gasteiger partial charge is 0.369 e. The van der Waals surface area contributed by atoms with Crippen molar-refractivity contribution in [1.82, 2.24) is 14.9 Å². The number of piperazine rings is 1. The summed E-state index contributed by atoms with van der Waals surface area (Å²) in [5.74, 6) is -0.112. The smallest absolute Gasteiger partial charge is 0.241 e. The highest BCUT2D eigenvalue weighted by Gasteiger charge is 2.28. The number of hydrogen-bond donors (Lipinski definition) is 2. The molecule has 0 spiro atoms. The number of anilines is 1. The second-order valence-corrected chi connectivity index (χ2v) is 11.3. The molecule has 0 aliphatic carbocycles. The first-order chi connectivity index (χ1) is 16.2. The first-order valence-electron chi connectivity index (χ1n) is 12.1. The molecule has 186 valence electrons. The molecule has 2 atom stereocenters. The van der Waals surface area contributed by atoms with Crippen LogP contribution in [0.5, 0.6) is 0 Å². The third kappa shape index (κ3) is 7.29. The van der Waals surface area contributed by atoms with Crippen LogP contribution in [0.4, 0.5) is 5.69 Å². The zero-order valence-corrected chi connectivity index (χ0v) is 21.5. The molecule has 1 fully saturated rings. The van der Waals surface area contributed by atoms with Crippen LogP contribution in [0.25, 0.3) is 0 Å². The predicted octanol–water partition coefficient (Wildman–Crippen LogP) is 3.01. The topological polar surface area (TPSA) is 81.7 Å². The van der Waals surface area contributed by atoms with Crippen molar-refractivity contribution in [2.45, 2.75) is 51.1 Å². The van der Waals surface area contributed by atoms with Gasteiger partial charge in [0.15, 0.2) is 0 Å². The fraction of sp³-hybridized carbons (Fsp3) is 0.500. The second-order valence-electron chi connectivity index (χ2n) is 9.57. The van der Waals surface area contributed by atoms with E-state index in [1.807, 2.05) is 26.8 Å². The van der Waals surface area contributed by atoms with Gasteiger partial charge in [-0.3, -0.25) is 9.69 Å². The number of carbonyl (C=O) groups excluding carboxylic acids is 1. The Balaban J connectivity index is 1.54. The molecular weight excluding hydrogens is 448 g/mol. The number of aryl methyl sites for hydroxylation is 1. The first-order valence-corrected chi connectivity index (χ1v) is 13.5. The van der Waals surface area contributed by atoms with Crippen LogP contribution in [0.15, 0.2) is 59.5 Å². The van der Waals surface area contributed by atoms with E-state index >= 15 is 0 Å². The monoisotopic (exact) mass is 486 g/mol. The van der Waals surface area contributed by atoms with E-state index < -0.39 is 16.1 Å². The van der Waals surface area contributed by atoms with Crippen LogP contribution in [-0.2, 0) is 14.8 Å². The van der Waals surface area contributed by atoms with Crippen molar-refractivity contribution in [3.63, 3.8) is 0 Å². The molecule has 7 nitrogen and oxygen atoms in total. The van der Waals surface area contributed by atoms with Crippen LogP contribution in [0.2, 0.25) is 0 Å². The van der Waals surface area contributed by atoms with Gasteiger partial charge in [0.25, 0.3) is 0 Å². The Kier molecular flexibility index (Phi) is 9.10. The number of para-hydroxylation sites is 1. The van der Waals surface area contributed by atoms with E-state index in [0.29, 0.717) is 13.0 Å². The van der Waals surface area contributed by atoms with Gasteiger partial charge < -0.3 is 10.2 Å². The van der Waals surface area contributed by atoms with Crippen molar-refractivity contribution in [3.8, 4) is 0 Å². The van der Waals surface area contributed by atoms with Crippen molar-refractivity contribution in [3.05, 3.63) is 60.2 Å². The fourth-order valence-electron chi connectivity index (χ4n) is 4.21. The summed E-state index contributed by atoms with van der Waals surface area (Å²) < 4.78 is 28.4. The van der Waals surface area contributed by atoms with Crippen LogP contribution >= 0.6 is 0 Å². The summed E-state index contributed by atoms with van der Waals surface area (Å²) in [7, 11) is -3.79. The molecule has 2 N–H and O–H groups in total. The lowest BCUT2D eigenvalue weighted by Gasteiger charge is -2.39. The Morgan fingerprint density at radius 2 is 1.56 bits per heavy atom. The Bertz CT molecular complexity index is 1020. The average molecular weight is 487 g/mol. The lowest BCUT2D eigenvalue weighted by Crippen LogP contribution is -2.54. The molecule has 0 bridgehead atoms. The van der Waals surface area contributed by atoms with E-state index in [-0.39, 0.29) is 22.8 Å². The summed E-state index contributed by atoms with van der Waals surface area (Å²) in [6.45, 7) is 12.2. The van der Waals surface area contributed by atoms with Gasteiger partial charge in [-0.1, -0.05) is 49.7 Å². The maximum Gasteiger partial charge on any atom is 0.241 e. The Hall–Kier alpha value is -2.42. The van der Waals surface area contributed by atoms with Crippen LogP contribution in [0.1, 0.15) is 32.8 Å². The fourth-order valence-corrected chi connectivity index (χ4v) is 5.42. The minimum absolute atomic E-state index is 0.162. The maximum atomic E-state index is 13.0. The molecule has 0 saturated carbocycles. The number of nitrogens with one attached hydrogen (secondary N) is 2. The normalized spacial score (nSPS) is 16.9. The average Bonchev–Trinajstić information content (AvgIpc) is 2.82. The Morgan fingerprint density at radius 1 is 0.941 bits per heavy atom. The standard InChI is InChI=1S/C26H38N4O3S/c1-20(2)18-25(28-34(32,33)24-12-10-21(3)11-13-24)26(31)27-19-22(4)29-14-16-30(17-15-29)23-8-6-5-7-9-23/h5-13,20,22,25,28H,14-19H2,1-4H3,(H,27,31)/t22-,25-/m0/s1. The molecule has 2 aromatic carbocycles. The third-order valence-electron chi connectivity index (χ3n) is 6.28. The molecule has 34 heavy (non-hydrogen) atoms. The van der Waals surface area contributed by atoms with Gasteiger partial charge in [-0.25, -0.2) is 8.42 Å². The van der Waals surface area contributed by atoms with E-state index in [9.17, 15) is 13.2 Å². The number of sulfonamides is 1. The number of rotatable bonds is 10. The molecular formula is C26H38N4O3S.